The molecule has 1 aromatic rings. The predicted molar refractivity (Wildman–Crippen MR) is 46.3 cm³/mol. The lowest BCUT2D eigenvalue weighted by Crippen LogP contribution is -1.97. The second kappa shape index (κ2) is 2.55. The highest BCUT2D eigenvalue weighted by Crippen LogP contribution is 2.32. The molecule has 2 nitrogen and oxygen atoms in total. The zero-order valence-corrected chi connectivity index (χ0v) is 7.13. The number of fused-ring (bicyclic) bond motifs is 1. The van der Waals surface area contributed by atoms with Crippen molar-refractivity contribution in [2.75, 3.05) is 0 Å². The summed E-state index contributed by atoms with van der Waals surface area (Å²) in [7, 11) is 0. The van der Waals surface area contributed by atoms with E-state index in [9.17, 15) is 0 Å². The first kappa shape index (κ1) is 7.22. The maximum Gasteiger partial charge on any atom is 0.169 e. The molecule has 62 valence electrons. The van der Waals surface area contributed by atoms with Crippen LogP contribution in [0.2, 0.25) is 0 Å². The molecule has 1 aliphatic rings. The van der Waals surface area contributed by atoms with E-state index < -0.39 is 0 Å². The Kier molecular flexibility index (Phi) is 1.54. The van der Waals surface area contributed by atoms with E-state index in [1.54, 1.807) is 0 Å². The fraction of sp³-hybridized carbons (Fsp3) is 0.200. The molecule has 0 saturated heterocycles. The number of ether oxygens (including phenoxy) is 2. The van der Waals surface area contributed by atoms with E-state index in [1.807, 2.05) is 12.1 Å². The summed E-state index contributed by atoms with van der Waals surface area (Å²) in [5.41, 5.74) is 2.43. The average Bonchev–Trinajstić information content (AvgIpc) is 2.07. The molecule has 1 aliphatic heterocycles. The minimum Gasteiger partial charge on any atom is -0.458 e. The molecule has 0 saturated carbocycles. The van der Waals surface area contributed by atoms with Crippen LogP contribution in [0, 0.1) is 13.8 Å². The summed E-state index contributed by atoms with van der Waals surface area (Å²) in [6, 6.07) is 3.96. The number of aryl methyl sites for hydroxylation is 2. The fourth-order valence-corrected chi connectivity index (χ4v) is 1.15. The molecule has 0 N–H and O–H groups in total. The van der Waals surface area contributed by atoms with Crippen molar-refractivity contribution in [3.8, 4) is 11.5 Å². The highest BCUT2D eigenvalue weighted by atomic mass is 16.5. The summed E-state index contributed by atoms with van der Waals surface area (Å²) < 4.78 is 10.5. The van der Waals surface area contributed by atoms with Crippen molar-refractivity contribution in [1.29, 1.82) is 0 Å². The number of hydrogen-bond acceptors (Lipinski definition) is 2. The Morgan fingerprint density at radius 1 is 0.833 bits per heavy atom. The van der Waals surface area contributed by atoms with Gasteiger partial charge < -0.3 is 9.47 Å². The Labute approximate surface area is 71.4 Å². The van der Waals surface area contributed by atoms with Crippen LogP contribution in [-0.2, 0) is 0 Å². The second-order valence-electron chi connectivity index (χ2n) is 2.89. The Bertz CT molecular complexity index is 307. The van der Waals surface area contributed by atoms with Gasteiger partial charge in [-0.2, -0.15) is 0 Å². The third kappa shape index (κ3) is 1.05. The summed E-state index contributed by atoms with van der Waals surface area (Å²) in [4.78, 5) is 0. The molecule has 0 fully saturated rings. The second-order valence-corrected chi connectivity index (χ2v) is 2.89. The van der Waals surface area contributed by atoms with Crippen LogP contribution in [0.5, 0.6) is 11.5 Å². The van der Waals surface area contributed by atoms with E-state index in [1.165, 1.54) is 23.7 Å². The van der Waals surface area contributed by atoms with E-state index in [0.29, 0.717) is 0 Å². The fourth-order valence-electron chi connectivity index (χ4n) is 1.15. The molecule has 0 atom stereocenters. The molecule has 1 heterocycles. The summed E-state index contributed by atoms with van der Waals surface area (Å²) in [6.45, 7) is 4.11. The molecular formula is C10H10O2. The van der Waals surface area contributed by atoms with Crippen LogP contribution in [0.15, 0.2) is 24.7 Å². The van der Waals surface area contributed by atoms with Crippen molar-refractivity contribution >= 4 is 0 Å². The maximum atomic E-state index is 5.25. The monoisotopic (exact) mass is 162 g/mol. The molecule has 0 aromatic heterocycles. The quantitative estimate of drug-likeness (QED) is 0.583. The van der Waals surface area contributed by atoms with Gasteiger partial charge in [-0.25, -0.2) is 0 Å². The average molecular weight is 162 g/mol. The molecule has 0 radical (unpaired) electrons. The maximum absolute atomic E-state index is 5.25. The van der Waals surface area contributed by atoms with Crippen molar-refractivity contribution in [3.05, 3.63) is 35.8 Å². The van der Waals surface area contributed by atoms with E-state index in [2.05, 4.69) is 13.8 Å². The van der Waals surface area contributed by atoms with Crippen LogP contribution < -0.4 is 9.47 Å². The molecule has 0 unspecified atom stereocenters. The van der Waals surface area contributed by atoms with Gasteiger partial charge in [0.05, 0.1) is 0 Å². The SMILES string of the molecule is Cc1cc2c(cc1C)OC=CO2. The summed E-state index contributed by atoms with van der Waals surface area (Å²) >= 11 is 0. The van der Waals surface area contributed by atoms with Crippen LogP contribution in [0.4, 0.5) is 0 Å². The standard InChI is InChI=1S/C10H10O2/c1-7-5-9-10(6-8(7)2)12-4-3-11-9/h3-6H,1-2H3. The largest absolute Gasteiger partial charge is 0.458 e. The van der Waals surface area contributed by atoms with E-state index >= 15 is 0 Å². The van der Waals surface area contributed by atoms with Gasteiger partial charge in [-0.05, 0) is 37.1 Å². The Balaban J connectivity index is 2.53. The van der Waals surface area contributed by atoms with E-state index in [0.717, 1.165) is 11.5 Å². The van der Waals surface area contributed by atoms with Gasteiger partial charge in [0, 0.05) is 0 Å². The Morgan fingerprint density at radius 3 is 1.67 bits per heavy atom. The van der Waals surface area contributed by atoms with Gasteiger partial charge in [-0.3, -0.25) is 0 Å². The molecular weight excluding hydrogens is 152 g/mol. The van der Waals surface area contributed by atoms with Crippen molar-refractivity contribution < 1.29 is 9.47 Å². The third-order valence-corrected chi connectivity index (χ3v) is 2.01. The van der Waals surface area contributed by atoms with Crippen LogP contribution >= 0.6 is 0 Å². The minimum absolute atomic E-state index is 0.792. The molecule has 0 aliphatic carbocycles. The van der Waals surface area contributed by atoms with Crippen LogP contribution in [0.1, 0.15) is 11.1 Å². The van der Waals surface area contributed by atoms with Crippen molar-refractivity contribution in [2.45, 2.75) is 13.8 Å². The lowest BCUT2D eigenvalue weighted by molar-refractivity contribution is 0.361. The molecule has 12 heavy (non-hydrogen) atoms. The van der Waals surface area contributed by atoms with E-state index in [-0.39, 0.29) is 0 Å². The number of benzene rings is 1. The third-order valence-electron chi connectivity index (χ3n) is 2.01. The summed E-state index contributed by atoms with van der Waals surface area (Å²) in [5.74, 6) is 1.58. The van der Waals surface area contributed by atoms with Gasteiger partial charge in [-0.15, -0.1) is 0 Å². The summed E-state index contributed by atoms with van der Waals surface area (Å²) in [5, 5.41) is 0. The molecule has 0 spiro atoms. The topological polar surface area (TPSA) is 18.5 Å². The van der Waals surface area contributed by atoms with Gasteiger partial charge >= 0.3 is 0 Å². The molecule has 1 aromatic carbocycles. The lowest BCUT2D eigenvalue weighted by atomic mass is 10.1. The van der Waals surface area contributed by atoms with Crippen molar-refractivity contribution in [1.82, 2.24) is 0 Å². The molecule has 0 amide bonds. The van der Waals surface area contributed by atoms with Crippen LogP contribution in [0.25, 0.3) is 0 Å². The van der Waals surface area contributed by atoms with Gasteiger partial charge in [0.15, 0.2) is 11.5 Å². The zero-order valence-electron chi connectivity index (χ0n) is 7.13. The lowest BCUT2D eigenvalue weighted by Gasteiger charge is -2.13. The van der Waals surface area contributed by atoms with Gasteiger partial charge in [0.2, 0.25) is 0 Å². The normalized spacial score (nSPS) is 13.2. The number of rotatable bonds is 0. The van der Waals surface area contributed by atoms with Gasteiger partial charge in [-0.1, -0.05) is 0 Å². The van der Waals surface area contributed by atoms with E-state index in [4.69, 9.17) is 9.47 Å². The minimum atomic E-state index is 0.792. The van der Waals surface area contributed by atoms with Crippen molar-refractivity contribution in [3.63, 3.8) is 0 Å². The van der Waals surface area contributed by atoms with Gasteiger partial charge in [0.1, 0.15) is 12.5 Å². The molecule has 2 rings (SSSR count). The Morgan fingerprint density at radius 2 is 1.25 bits per heavy atom. The first-order chi connectivity index (χ1) is 5.77. The highest BCUT2D eigenvalue weighted by molar-refractivity contribution is 5.48. The van der Waals surface area contributed by atoms with Gasteiger partial charge in [0.25, 0.3) is 0 Å². The van der Waals surface area contributed by atoms with Crippen molar-refractivity contribution in [2.24, 2.45) is 0 Å². The molecule has 0 bridgehead atoms. The van der Waals surface area contributed by atoms with Crippen LogP contribution in [0.3, 0.4) is 0 Å². The first-order valence-corrected chi connectivity index (χ1v) is 3.87. The zero-order chi connectivity index (χ0) is 8.55. The molecule has 2 heteroatoms. The highest BCUT2D eigenvalue weighted by Gasteiger charge is 2.09. The first-order valence-electron chi connectivity index (χ1n) is 3.87. The smallest absolute Gasteiger partial charge is 0.169 e. The Hall–Kier alpha value is -1.44. The van der Waals surface area contributed by atoms with Crippen LogP contribution in [-0.4, -0.2) is 0 Å². The predicted octanol–water partition coefficient (Wildman–Crippen LogP) is 2.55. The number of hydrogen-bond donors (Lipinski definition) is 0. The summed E-state index contributed by atoms with van der Waals surface area (Å²) in [6.07, 6.45) is 3.08.